The van der Waals surface area contributed by atoms with Gasteiger partial charge in [-0.3, -0.25) is 14.9 Å². The lowest BCUT2D eigenvalue weighted by atomic mass is 10.1. The van der Waals surface area contributed by atoms with Gasteiger partial charge in [0.25, 0.3) is 11.6 Å². The van der Waals surface area contributed by atoms with Crippen LogP contribution >= 0.6 is 43.5 Å². The Morgan fingerprint density at radius 2 is 2.11 bits per heavy atom. The lowest BCUT2D eigenvalue weighted by molar-refractivity contribution is -0.384. The highest BCUT2D eigenvalue weighted by Gasteiger charge is 2.17. The number of amides is 1. The summed E-state index contributed by atoms with van der Waals surface area (Å²) in [4.78, 5) is 22.8. The number of nitrogens with zero attached hydrogens (tertiary/aromatic N) is 2. The number of nitrogens with one attached hydrogen (secondary N) is 1. The Morgan fingerprint density at radius 3 is 2.71 bits per heavy atom. The summed E-state index contributed by atoms with van der Waals surface area (Å²) in [5.41, 5.74) is 0.0969. The number of ether oxygens (including phenoxy) is 1. The van der Waals surface area contributed by atoms with Crippen LogP contribution in [0.15, 0.2) is 44.9 Å². The minimum Gasteiger partial charge on any atom is -0.492 e. The van der Waals surface area contributed by atoms with Crippen LogP contribution in [-0.4, -0.2) is 17.4 Å². The number of nitro groups is 1. The number of nitriles is 1. The molecule has 0 bridgehead atoms. The number of carbonyl (C=O) groups is 1. The average molecular weight is 530 g/mol. The summed E-state index contributed by atoms with van der Waals surface area (Å²) in [6.07, 6.45) is 1.38. The molecule has 0 aliphatic rings. The average Bonchev–Trinajstić information content (AvgIpc) is 2.63. The summed E-state index contributed by atoms with van der Waals surface area (Å²) in [5, 5.41) is 22.8. The summed E-state index contributed by atoms with van der Waals surface area (Å²) < 4.78 is 6.95. The number of hydrogen-bond donors (Lipinski definition) is 1. The van der Waals surface area contributed by atoms with E-state index in [1.54, 1.807) is 12.1 Å². The van der Waals surface area contributed by atoms with Crippen molar-refractivity contribution in [3.8, 4) is 11.8 Å². The van der Waals surface area contributed by atoms with Gasteiger partial charge in [0, 0.05) is 21.8 Å². The van der Waals surface area contributed by atoms with Crippen molar-refractivity contribution in [2.24, 2.45) is 0 Å². The molecule has 2 aromatic rings. The molecule has 2 rings (SSSR count). The smallest absolute Gasteiger partial charge is 0.289 e. The van der Waals surface area contributed by atoms with Crippen LogP contribution in [0.25, 0.3) is 6.08 Å². The Balaban J connectivity index is 2.39. The molecular weight excluding hydrogens is 517 g/mol. The van der Waals surface area contributed by atoms with Crippen LogP contribution in [-0.2, 0) is 4.79 Å². The normalized spacial score (nSPS) is 10.9. The van der Waals surface area contributed by atoms with Gasteiger partial charge in [0.2, 0.25) is 0 Å². The molecule has 0 radical (unpaired) electrons. The molecule has 10 heteroatoms. The zero-order valence-electron chi connectivity index (χ0n) is 14.3. The van der Waals surface area contributed by atoms with Gasteiger partial charge in [-0.05, 0) is 53.2 Å². The number of hydrogen-bond acceptors (Lipinski definition) is 5. The van der Waals surface area contributed by atoms with E-state index in [9.17, 15) is 20.2 Å². The van der Waals surface area contributed by atoms with E-state index in [1.165, 1.54) is 18.2 Å². The molecule has 7 nitrogen and oxygen atoms in total. The van der Waals surface area contributed by atoms with Crippen LogP contribution < -0.4 is 10.1 Å². The third-order valence-electron chi connectivity index (χ3n) is 3.39. The van der Waals surface area contributed by atoms with Crippen LogP contribution in [0.4, 0.5) is 11.4 Å². The largest absolute Gasteiger partial charge is 0.492 e. The van der Waals surface area contributed by atoms with E-state index in [0.717, 1.165) is 10.5 Å². The molecule has 28 heavy (non-hydrogen) atoms. The van der Waals surface area contributed by atoms with Crippen molar-refractivity contribution in [1.82, 2.24) is 0 Å². The summed E-state index contributed by atoms with van der Waals surface area (Å²) in [7, 11) is 0. The van der Waals surface area contributed by atoms with Crippen molar-refractivity contribution in [2.75, 3.05) is 11.9 Å². The SMILES string of the molecule is CCOc1c(Br)cc(Br)cc1/C=C(\C#N)C(=O)Nc1ccc(Cl)c([N+](=O)[O-])c1. The van der Waals surface area contributed by atoms with E-state index in [-0.39, 0.29) is 22.0 Å². The molecule has 0 unspecified atom stereocenters. The third-order valence-corrected chi connectivity index (χ3v) is 4.76. The van der Waals surface area contributed by atoms with Crippen LogP contribution in [0.1, 0.15) is 12.5 Å². The summed E-state index contributed by atoms with van der Waals surface area (Å²) in [6, 6.07) is 9.13. The van der Waals surface area contributed by atoms with Crippen molar-refractivity contribution < 1.29 is 14.5 Å². The zero-order chi connectivity index (χ0) is 20.8. The van der Waals surface area contributed by atoms with Crippen molar-refractivity contribution >= 4 is 66.8 Å². The fourth-order valence-electron chi connectivity index (χ4n) is 2.22. The Bertz CT molecular complexity index is 1020. The summed E-state index contributed by atoms with van der Waals surface area (Å²) >= 11 is 12.5. The first-order valence-corrected chi connectivity index (χ1v) is 9.72. The van der Waals surface area contributed by atoms with Gasteiger partial charge in [0.1, 0.15) is 22.4 Å². The van der Waals surface area contributed by atoms with Crippen LogP contribution in [0.5, 0.6) is 5.75 Å². The molecule has 0 saturated carbocycles. The molecule has 0 aliphatic heterocycles. The summed E-state index contributed by atoms with van der Waals surface area (Å²) in [5.74, 6) is -0.244. The van der Waals surface area contributed by atoms with E-state index in [2.05, 4.69) is 37.2 Å². The maximum Gasteiger partial charge on any atom is 0.289 e. The van der Waals surface area contributed by atoms with Gasteiger partial charge in [-0.15, -0.1) is 0 Å². The molecule has 0 aromatic heterocycles. The van der Waals surface area contributed by atoms with Crippen molar-refractivity contribution in [3.63, 3.8) is 0 Å². The molecule has 144 valence electrons. The molecule has 0 heterocycles. The topological polar surface area (TPSA) is 105 Å². The minimum absolute atomic E-state index is 0.0561. The summed E-state index contributed by atoms with van der Waals surface area (Å²) in [6.45, 7) is 2.21. The van der Waals surface area contributed by atoms with E-state index < -0.39 is 10.8 Å². The molecule has 0 aliphatic carbocycles. The van der Waals surface area contributed by atoms with Crippen molar-refractivity contribution in [2.45, 2.75) is 6.92 Å². The molecule has 0 spiro atoms. The van der Waals surface area contributed by atoms with E-state index in [0.29, 0.717) is 22.4 Å². The minimum atomic E-state index is -0.724. The lowest BCUT2D eigenvalue weighted by Crippen LogP contribution is -2.13. The quantitative estimate of drug-likeness (QED) is 0.223. The predicted molar refractivity (Wildman–Crippen MR) is 113 cm³/mol. The number of nitro benzene ring substituents is 1. The van der Waals surface area contributed by atoms with Gasteiger partial charge >= 0.3 is 0 Å². The van der Waals surface area contributed by atoms with E-state index >= 15 is 0 Å². The number of anilines is 1. The van der Waals surface area contributed by atoms with Gasteiger partial charge in [0.05, 0.1) is 16.0 Å². The first kappa shape index (κ1) is 21.9. The monoisotopic (exact) mass is 527 g/mol. The van der Waals surface area contributed by atoms with E-state index in [1.807, 2.05) is 13.0 Å². The molecule has 0 fully saturated rings. The maximum atomic E-state index is 12.5. The molecule has 0 saturated heterocycles. The molecule has 1 amide bonds. The van der Waals surface area contributed by atoms with Crippen LogP contribution in [0.3, 0.4) is 0 Å². The van der Waals surface area contributed by atoms with Crippen LogP contribution in [0, 0.1) is 21.4 Å². The Morgan fingerprint density at radius 1 is 1.39 bits per heavy atom. The van der Waals surface area contributed by atoms with Gasteiger partial charge < -0.3 is 10.1 Å². The Hall–Kier alpha value is -2.41. The highest BCUT2D eigenvalue weighted by molar-refractivity contribution is 9.11. The highest BCUT2D eigenvalue weighted by atomic mass is 79.9. The highest BCUT2D eigenvalue weighted by Crippen LogP contribution is 2.34. The van der Waals surface area contributed by atoms with Crippen molar-refractivity contribution in [1.29, 1.82) is 5.26 Å². The second-order valence-corrected chi connectivity index (χ2v) is 7.46. The first-order chi connectivity index (χ1) is 13.3. The molecule has 2 aromatic carbocycles. The fourth-order valence-corrected chi connectivity index (χ4v) is 3.78. The lowest BCUT2D eigenvalue weighted by Gasteiger charge is -2.11. The Labute approximate surface area is 182 Å². The number of carbonyl (C=O) groups excluding carboxylic acids is 1. The standard InChI is InChI=1S/C18H12Br2ClN3O4/c1-2-28-17-10(6-12(19)7-14(17)20)5-11(9-22)18(25)23-13-3-4-15(21)16(8-13)24(26)27/h3-8H,2H2,1H3,(H,23,25)/b11-5+. The zero-order valence-corrected chi connectivity index (χ0v) is 18.3. The second-order valence-electron chi connectivity index (χ2n) is 5.29. The second kappa shape index (κ2) is 9.68. The molecular formula is C18H12Br2ClN3O4. The van der Waals surface area contributed by atoms with E-state index in [4.69, 9.17) is 16.3 Å². The van der Waals surface area contributed by atoms with Gasteiger partial charge in [-0.2, -0.15) is 5.26 Å². The number of halogens is 3. The van der Waals surface area contributed by atoms with Crippen LogP contribution in [0.2, 0.25) is 5.02 Å². The number of rotatable bonds is 6. The van der Waals surface area contributed by atoms with Crippen molar-refractivity contribution in [3.05, 3.63) is 65.6 Å². The number of benzene rings is 2. The Kier molecular flexibility index (Phi) is 7.57. The third kappa shape index (κ3) is 5.32. The maximum absolute atomic E-state index is 12.5. The molecule has 0 atom stereocenters. The van der Waals surface area contributed by atoms with Gasteiger partial charge in [-0.25, -0.2) is 0 Å². The fraction of sp³-hybridized carbons (Fsp3) is 0.111. The predicted octanol–water partition coefficient (Wildman–Crippen LogP) is 5.72. The van der Waals surface area contributed by atoms with Gasteiger partial charge in [-0.1, -0.05) is 27.5 Å². The molecule has 1 N–H and O–H groups in total. The van der Waals surface area contributed by atoms with Gasteiger partial charge in [0.15, 0.2) is 0 Å². The first-order valence-electron chi connectivity index (χ1n) is 7.75.